The van der Waals surface area contributed by atoms with Gasteiger partial charge in [-0.05, 0) is 12.5 Å². The van der Waals surface area contributed by atoms with E-state index in [4.69, 9.17) is 10.8 Å². The molecule has 5 heteroatoms. The topological polar surface area (TPSA) is 81.1 Å². The number of carboxylic acid groups (broad SMARTS) is 1. The number of aryl methyl sites for hydroxylation is 1. The molecule has 0 aliphatic rings. The van der Waals surface area contributed by atoms with E-state index in [2.05, 4.69) is 5.10 Å². The molecule has 0 bridgehead atoms. The maximum absolute atomic E-state index is 10.7. The predicted molar refractivity (Wildman–Crippen MR) is 47.6 cm³/mol. The van der Waals surface area contributed by atoms with Crippen LogP contribution in [0.3, 0.4) is 0 Å². The molecular weight excluding hydrogens is 170 g/mol. The van der Waals surface area contributed by atoms with E-state index in [1.807, 2.05) is 6.92 Å². The third kappa shape index (κ3) is 1.86. The molecule has 13 heavy (non-hydrogen) atoms. The lowest BCUT2D eigenvalue weighted by Gasteiger charge is -2.05. The van der Waals surface area contributed by atoms with Gasteiger partial charge in [-0.25, -0.2) is 4.79 Å². The largest absolute Gasteiger partial charge is 0.476 e. The quantitative estimate of drug-likeness (QED) is 0.700. The maximum atomic E-state index is 10.7. The van der Waals surface area contributed by atoms with Gasteiger partial charge in [0.1, 0.15) is 0 Å². The van der Waals surface area contributed by atoms with Crippen LogP contribution in [0.2, 0.25) is 0 Å². The van der Waals surface area contributed by atoms with E-state index in [1.54, 1.807) is 13.2 Å². The van der Waals surface area contributed by atoms with Crippen molar-refractivity contribution in [2.24, 2.45) is 12.8 Å². The molecular formula is C8H13N3O2. The van der Waals surface area contributed by atoms with Gasteiger partial charge >= 0.3 is 5.97 Å². The van der Waals surface area contributed by atoms with Crippen molar-refractivity contribution < 1.29 is 9.90 Å². The first-order chi connectivity index (χ1) is 6.06. The Balaban J connectivity index is 3.11. The molecule has 1 aromatic heterocycles. The Morgan fingerprint density at radius 2 is 2.46 bits per heavy atom. The summed E-state index contributed by atoms with van der Waals surface area (Å²) in [4.78, 5) is 10.7. The first kappa shape index (κ1) is 9.73. The van der Waals surface area contributed by atoms with Gasteiger partial charge < -0.3 is 10.8 Å². The molecule has 0 fully saturated rings. The lowest BCUT2D eigenvalue weighted by molar-refractivity contribution is 0.0688. The molecule has 0 spiro atoms. The Labute approximate surface area is 76.2 Å². The molecule has 1 heterocycles. The predicted octanol–water partition coefficient (Wildman–Crippen LogP) is 0.180. The van der Waals surface area contributed by atoms with Crippen molar-refractivity contribution in [3.63, 3.8) is 0 Å². The van der Waals surface area contributed by atoms with Gasteiger partial charge in [0.05, 0.1) is 0 Å². The minimum atomic E-state index is -1.00. The summed E-state index contributed by atoms with van der Waals surface area (Å²) in [6, 6.07) is 0. The van der Waals surface area contributed by atoms with E-state index in [0.717, 1.165) is 0 Å². The van der Waals surface area contributed by atoms with Crippen LogP contribution < -0.4 is 5.73 Å². The molecule has 1 atom stereocenters. The van der Waals surface area contributed by atoms with Gasteiger partial charge in [-0.15, -0.1) is 0 Å². The van der Waals surface area contributed by atoms with E-state index in [1.165, 1.54) is 4.68 Å². The molecule has 0 aliphatic heterocycles. The second-order valence-corrected chi connectivity index (χ2v) is 3.05. The van der Waals surface area contributed by atoms with Crippen molar-refractivity contribution in [1.29, 1.82) is 0 Å². The molecule has 1 rings (SSSR count). The fourth-order valence-corrected chi connectivity index (χ4v) is 1.16. The van der Waals surface area contributed by atoms with E-state index in [-0.39, 0.29) is 11.6 Å². The average molecular weight is 183 g/mol. The van der Waals surface area contributed by atoms with Crippen LogP contribution in [0.1, 0.15) is 28.9 Å². The van der Waals surface area contributed by atoms with Crippen molar-refractivity contribution in [2.75, 3.05) is 6.54 Å². The molecule has 3 N–H and O–H groups in total. The Bertz CT molecular complexity index is 319. The zero-order valence-electron chi connectivity index (χ0n) is 7.69. The van der Waals surface area contributed by atoms with Crippen LogP contribution >= 0.6 is 0 Å². The third-order valence-corrected chi connectivity index (χ3v) is 1.94. The molecule has 72 valence electrons. The Hall–Kier alpha value is -1.36. The first-order valence-corrected chi connectivity index (χ1v) is 4.03. The third-order valence-electron chi connectivity index (χ3n) is 1.94. The van der Waals surface area contributed by atoms with E-state index in [0.29, 0.717) is 12.1 Å². The number of rotatable bonds is 3. The number of nitrogens with two attached hydrogens (primary N) is 1. The summed E-state index contributed by atoms with van der Waals surface area (Å²) in [6.07, 6.45) is 1.70. The summed E-state index contributed by atoms with van der Waals surface area (Å²) in [5.74, 6) is -0.976. The average Bonchev–Trinajstić information content (AvgIpc) is 2.46. The number of carboxylic acids is 1. The lowest BCUT2D eigenvalue weighted by atomic mass is 10.0. The molecule has 0 aromatic carbocycles. The smallest absolute Gasteiger partial charge is 0.356 e. The van der Waals surface area contributed by atoms with Crippen LogP contribution in [0.15, 0.2) is 6.20 Å². The van der Waals surface area contributed by atoms with E-state index < -0.39 is 5.97 Å². The van der Waals surface area contributed by atoms with Gasteiger partial charge in [-0.1, -0.05) is 6.92 Å². The van der Waals surface area contributed by atoms with Crippen molar-refractivity contribution in [3.05, 3.63) is 17.5 Å². The monoisotopic (exact) mass is 183 g/mol. The van der Waals surface area contributed by atoms with Gasteiger partial charge in [-0.3, -0.25) is 4.68 Å². The Morgan fingerprint density at radius 3 is 2.92 bits per heavy atom. The molecule has 0 saturated heterocycles. The Morgan fingerprint density at radius 1 is 1.85 bits per heavy atom. The summed E-state index contributed by atoms with van der Waals surface area (Å²) in [6.45, 7) is 2.30. The number of aromatic carboxylic acids is 1. The number of hydrogen-bond acceptors (Lipinski definition) is 3. The highest BCUT2D eigenvalue weighted by Crippen LogP contribution is 2.17. The normalized spacial score (nSPS) is 12.8. The number of nitrogens with zero attached hydrogens (tertiary/aromatic N) is 2. The van der Waals surface area contributed by atoms with Gasteiger partial charge in [0.15, 0.2) is 5.69 Å². The number of carbonyl (C=O) groups is 1. The molecule has 5 nitrogen and oxygen atoms in total. The molecule has 1 unspecified atom stereocenters. The van der Waals surface area contributed by atoms with Crippen molar-refractivity contribution in [1.82, 2.24) is 9.78 Å². The van der Waals surface area contributed by atoms with Gasteiger partial charge in [0.25, 0.3) is 0 Å². The highest BCUT2D eigenvalue weighted by Gasteiger charge is 2.18. The van der Waals surface area contributed by atoms with Crippen molar-refractivity contribution in [2.45, 2.75) is 12.8 Å². The van der Waals surface area contributed by atoms with Crippen LogP contribution in [-0.2, 0) is 7.05 Å². The van der Waals surface area contributed by atoms with Gasteiger partial charge in [0.2, 0.25) is 0 Å². The highest BCUT2D eigenvalue weighted by atomic mass is 16.4. The highest BCUT2D eigenvalue weighted by molar-refractivity contribution is 5.87. The standard InChI is InChI=1S/C8H13N3O2/c1-5(3-9)6-4-11(2)10-7(6)8(12)13/h4-5H,3,9H2,1-2H3,(H,12,13). The Kier molecular flexibility index (Phi) is 2.67. The SMILES string of the molecule is CC(CN)c1cn(C)nc1C(=O)O. The molecule has 0 saturated carbocycles. The van der Waals surface area contributed by atoms with Crippen LogP contribution in [0, 0.1) is 0 Å². The lowest BCUT2D eigenvalue weighted by Crippen LogP contribution is -2.12. The fourth-order valence-electron chi connectivity index (χ4n) is 1.16. The van der Waals surface area contributed by atoms with Crippen molar-refractivity contribution in [3.8, 4) is 0 Å². The molecule has 1 aromatic rings. The summed E-state index contributed by atoms with van der Waals surface area (Å²) in [5, 5.41) is 12.6. The van der Waals surface area contributed by atoms with Crippen LogP contribution in [0.25, 0.3) is 0 Å². The van der Waals surface area contributed by atoms with E-state index >= 15 is 0 Å². The molecule has 0 radical (unpaired) electrons. The van der Waals surface area contributed by atoms with E-state index in [9.17, 15) is 4.79 Å². The zero-order chi connectivity index (χ0) is 10.0. The van der Waals surface area contributed by atoms with Gasteiger partial charge in [-0.2, -0.15) is 5.10 Å². The summed E-state index contributed by atoms with van der Waals surface area (Å²) in [5.41, 5.74) is 6.24. The first-order valence-electron chi connectivity index (χ1n) is 4.03. The summed E-state index contributed by atoms with van der Waals surface area (Å²) >= 11 is 0. The van der Waals surface area contributed by atoms with Crippen molar-refractivity contribution >= 4 is 5.97 Å². The summed E-state index contributed by atoms with van der Waals surface area (Å²) < 4.78 is 1.49. The molecule has 0 aliphatic carbocycles. The number of hydrogen-bond donors (Lipinski definition) is 2. The van der Waals surface area contributed by atoms with Crippen LogP contribution in [-0.4, -0.2) is 27.4 Å². The maximum Gasteiger partial charge on any atom is 0.356 e. The van der Waals surface area contributed by atoms with Crippen LogP contribution in [0.4, 0.5) is 0 Å². The number of aromatic nitrogens is 2. The summed E-state index contributed by atoms with van der Waals surface area (Å²) in [7, 11) is 1.69. The van der Waals surface area contributed by atoms with Gasteiger partial charge in [0, 0.05) is 18.8 Å². The second kappa shape index (κ2) is 3.57. The minimum Gasteiger partial charge on any atom is -0.476 e. The molecule has 0 amide bonds. The van der Waals surface area contributed by atoms with Crippen LogP contribution in [0.5, 0.6) is 0 Å². The second-order valence-electron chi connectivity index (χ2n) is 3.05. The minimum absolute atomic E-state index is 0.0276. The fraction of sp³-hybridized carbons (Fsp3) is 0.500. The zero-order valence-corrected chi connectivity index (χ0v) is 7.69.